The van der Waals surface area contributed by atoms with Crippen molar-refractivity contribution in [3.05, 3.63) is 0 Å². The third-order valence-corrected chi connectivity index (χ3v) is 3.95. The molecule has 0 atom stereocenters. The largest absolute Gasteiger partial charge is 0.296 e. The number of piperazine rings is 1. The fourth-order valence-corrected chi connectivity index (χ4v) is 2.75. The quantitative estimate of drug-likeness (QED) is 0.730. The highest BCUT2D eigenvalue weighted by Gasteiger charge is 2.32. The Morgan fingerprint density at radius 3 is 1.62 bits per heavy atom. The molecular formula is C14H30N2. The van der Waals surface area contributed by atoms with Crippen LogP contribution < -0.4 is 0 Å². The molecule has 0 aliphatic carbocycles. The standard InChI is InChI=1S/C14H30N2/c1-7-8-14(5,6)16-11-9-15(10-12-16)13(2,3)4/h7-12H2,1-6H3. The van der Waals surface area contributed by atoms with Crippen LogP contribution in [0.5, 0.6) is 0 Å². The summed E-state index contributed by atoms with van der Waals surface area (Å²) in [4.78, 5) is 5.27. The predicted molar refractivity (Wildman–Crippen MR) is 71.9 cm³/mol. The minimum atomic E-state index is 0.334. The van der Waals surface area contributed by atoms with Gasteiger partial charge in [0.25, 0.3) is 0 Å². The van der Waals surface area contributed by atoms with E-state index in [1.165, 1.54) is 39.0 Å². The summed E-state index contributed by atoms with van der Waals surface area (Å²) in [6.45, 7) is 18.9. The maximum absolute atomic E-state index is 2.67. The minimum absolute atomic E-state index is 0.334. The first-order valence-electron chi connectivity index (χ1n) is 6.77. The second-order valence-electron chi connectivity index (χ2n) is 6.71. The minimum Gasteiger partial charge on any atom is -0.296 e. The van der Waals surface area contributed by atoms with Crippen LogP contribution in [0.25, 0.3) is 0 Å². The van der Waals surface area contributed by atoms with Gasteiger partial charge in [0, 0.05) is 37.3 Å². The van der Waals surface area contributed by atoms with Gasteiger partial charge in [0.05, 0.1) is 0 Å². The Labute approximate surface area is 102 Å². The molecule has 1 fully saturated rings. The number of rotatable bonds is 3. The molecule has 0 saturated carbocycles. The highest BCUT2D eigenvalue weighted by Crippen LogP contribution is 2.24. The van der Waals surface area contributed by atoms with Crippen LogP contribution in [0.1, 0.15) is 54.4 Å². The van der Waals surface area contributed by atoms with Crippen molar-refractivity contribution in [1.82, 2.24) is 9.80 Å². The Balaban J connectivity index is 2.49. The fraction of sp³-hybridized carbons (Fsp3) is 1.00. The second-order valence-corrected chi connectivity index (χ2v) is 6.71. The van der Waals surface area contributed by atoms with Crippen molar-refractivity contribution in [3.8, 4) is 0 Å². The van der Waals surface area contributed by atoms with Crippen molar-refractivity contribution in [1.29, 1.82) is 0 Å². The third-order valence-electron chi connectivity index (χ3n) is 3.95. The van der Waals surface area contributed by atoms with E-state index in [0.29, 0.717) is 11.1 Å². The molecular weight excluding hydrogens is 196 g/mol. The van der Waals surface area contributed by atoms with Crippen LogP contribution in [0, 0.1) is 0 Å². The van der Waals surface area contributed by atoms with Crippen LogP contribution in [0.3, 0.4) is 0 Å². The molecule has 0 aromatic heterocycles. The summed E-state index contributed by atoms with van der Waals surface area (Å²) >= 11 is 0. The molecule has 1 heterocycles. The molecule has 16 heavy (non-hydrogen) atoms. The lowest BCUT2D eigenvalue weighted by Crippen LogP contribution is -2.58. The van der Waals surface area contributed by atoms with Crippen LogP contribution >= 0.6 is 0 Å². The van der Waals surface area contributed by atoms with E-state index in [1.807, 2.05) is 0 Å². The van der Waals surface area contributed by atoms with Gasteiger partial charge in [-0.25, -0.2) is 0 Å². The Bertz CT molecular complexity index is 207. The van der Waals surface area contributed by atoms with Gasteiger partial charge in [-0.1, -0.05) is 13.3 Å². The van der Waals surface area contributed by atoms with Crippen molar-refractivity contribution in [2.45, 2.75) is 65.5 Å². The molecule has 0 spiro atoms. The molecule has 0 N–H and O–H groups in total. The lowest BCUT2D eigenvalue weighted by molar-refractivity contribution is 0.0112. The van der Waals surface area contributed by atoms with Gasteiger partial charge in [0.15, 0.2) is 0 Å². The van der Waals surface area contributed by atoms with Gasteiger partial charge < -0.3 is 0 Å². The van der Waals surface area contributed by atoms with E-state index >= 15 is 0 Å². The highest BCUT2D eigenvalue weighted by atomic mass is 15.3. The lowest BCUT2D eigenvalue weighted by atomic mass is 9.95. The highest BCUT2D eigenvalue weighted by molar-refractivity contribution is 4.88. The normalized spacial score (nSPS) is 21.4. The Kier molecular flexibility index (Phi) is 4.42. The maximum Gasteiger partial charge on any atom is 0.0154 e. The molecule has 0 unspecified atom stereocenters. The van der Waals surface area contributed by atoms with Crippen molar-refractivity contribution >= 4 is 0 Å². The molecule has 1 aliphatic rings. The van der Waals surface area contributed by atoms with E-state index in [-0.39, 0.29) is 0 Å². The Hall–Kier alpha value is -0.0800. The molecule has 1 rings (SSSR count). The molecule has 1 saturated heterocycles. The molecule has 2 heteroatoms. The molecule has 0 amide bonds. The van der Waals surface area contributed by atoms with E-state index in [9.17, 15) is 0 Å². The summed E-state index contributed by atoms with van der Waals surface area (Å²) in [6, 6.07) is 0. The maximum atomic E-state index is 2.67. The van der Waals surface area contributed by atoms with E-state index in [0.717, 1.165) is 0 Å². The molecule has 0 aromatic rings. The monoisotopic (exact) mass is 226 g/mol. The molecule has 1 aliphatic heterocycles. The Morgan fingerprint density at radius 2 is 1.25 bits per heavy atom. The average Bonchev–Trinajstić information content (AvgIpc) is 2.16. The van der Waals surface area contributed by atoms with Crippen LogP contribution in [-0.2, 0) is 0 Å². The van der Waals surface area contributed by atoms with Crippen molar-refractivity contribution < 1.29 is 0 Å². The van der Waals surface area contributed by atoms with Gasteiger partial charge in [-0.3, -0.25) is 9.80 Å². The van der Waals surface area contributed by atoms with E-state index in [4.69, 9.17) is 0 Å². The van der Waals surface area contributed by atoms with Crippen LogP contribution in [0.15, 0.2) is 0 Å². The summed E-state index contributed by atoms with van der Waals surface area (Å²) in [7, 11) is 0. The van der Waals surface area contributed by atoms with Gasteiger partial charge in [-0.15, -0.1) is 0 Å². The zero-order valence-electron chi connectivity index (χ0n) is 12.1. The van der Waals surface area contributed by atoms with E-state index < -0.39 is 0 Å². The smallest absolute Gasteiger partial charge is 0.0154 e. The fourth-order valence-electron chi connectivity index (χ4n) is 2.75. The number of hydrogen-bond donors (Lipinski definition) is 0. The molecule has 96 valence electrons. The predicted octanol–water partition coefficient (Wildman–Crippen LogP) is 2.98. The zero-order valence-corrected chi connectivity index (χ0v) is 12.1. The molecule has 0 aromatic carbocycles. The van der Waals surface area contributed by atoms with Crippen molar-refractivity contribution in [2.24, 2.45) is 0 Å². The van der Waals surface area contributed by atoms with Crippen LogP contribution in [0.2, 0.25) is 0 Å². The zero-order chi connectivity index (χ0) is 12.4. The van der Waals surface area contributed by atoms with Crippen molar-refractivity contribution in [2.75, 3.05) is 26.2 Å². The van der Waals surface area contributed by atoms with Gasteiger partial charge in [-0.2, -0.15) is 0 Å². The lowest BCUT2D eigenvalue weighted by Gasteiger charge is -2.47. The topological polar surface area (TPSA) is 6.48 Å². The average molecular weight is 226 g/mol. The van der Waals surface area contributed by atoms with E-state index in [2.05, 4.69) is 51.3 Å². The second kappa shape index (κ2) is 5.05. The first kappa shape index (κ1) is 14.0. The summed E-state index contributed by atoms with van der Waals surface area (Å²) in [5.74, 6) is 0. The van der Waals surface area contributed by atoms with Crippen LogP contribution in [-0.4, -0.2) is 47.1 Å². The first-order chi connectivity index (χ1) is 7.27. The van der Waals surface area contributed by atoms with Gasteiger partial charge in [0.2, 0.25) is 0 Å². The summed E-state index contributed by atoms with van der Waals surface area (Å²) < 4.78 is 0. The SMILES string of the molecule is CCCC(C)(C)N1CCN(C(C)(C)C)CC1. The molecule has 0 radical (unpaired) electrons. The number of nitrogens with zero attached hydrogens (tertiary/aromatic N) is 2. The van der Waals surface area contributed by atoms with Gasteiger partial charge in [0.1, 0.15) is 0 Å². The molecule has 2 nitrogen and oxygen atoms in total. The summed E-state index contributed by atoms with van der Waals surface area (Å²) in [6.07, 6.45) is 2.59. The van der Waals surface area contributed by atoms with Crippen LogP contribution in [0.4, 0.5) is 0 Å². The summed E-state index contributed by atoms with van der Waals surface area (Å²) in [5.41, 5.74) is 0.722. The number of hydrogen-bond acceptors (Lipinski definition) is 2. The van der Waals surface area contributed by atoms with Gasteiger partial charge in [-0.05, 0) is 41.0 Å². The first-order valence-corrected chi connectivity index (χ1v) is 6.77. The molecule has 0 bridgehead atoms. The van der Waals surface area contributed by atoms with E-state index in [1.54, 1.807) is 0 Å². The van der Waals surface area contributed by atoms with Gasteiger partial charge >= 0.3 is 0 Å². The Morgan fingerprint density at radius 1 is 0.812 bits per heavy atom. The summed E-state index contributed by atoms with van der Waals surface area (Å²) in [5, 5.41) is 0. The third kappa shape index (κ3) is 3.46. The van der Waals surface area contributed by atoms with Crippen molar-refractivity contribution in [3.63, 3.8) is 0 Å².